The second kappa shape index (κ2) is 8.50. The monoisotopic (exact) mass is 402 g/mol. The summed E-state index contributed by atoms with van der Waals surface area (Å²) in [6, 6.07) is 17.8. The Morgan fingerprint density at radius 1 is 1.12 bits per heavy atom. The summed E-state index contributed by atoms with van der Waals surface area (Å²) in [5.74, 6) is 0. The van der Waals surface area contributed by atoms with Crippen molar-refractivity contribution in [3.63, 3.8) is 0 Å². The lowest BCUT2D eigenvalue weighted by atomic mass is 10.0. The standard InChI is InChI=1S/C20H23BrN2O2/c1-22-13-11-19(12-14-22)23(18-9-7-17(21)8-10-18)20(24)25-15-16-5-3-2-4-6-16/h2-10,19H,11-15H2,1H3. The maximum Gasteiger partial charge on any atom is 0.414 e. The summed E-state index contributed by atoms with van der Waals surface area (Å²) in [4.78, 5) is 17.0. The summed E-state index contributed by atoms with van der Waals surface area (Å²) in [7, 11) is 2.12. The number of rotatable bonds is 4. The Kier molecular flexibility index (Phi) is 6.10. The van der Waals surface area contributed by atoms with Crippen LogP contribution in [0.15, 0.2) is 59.1 Å². The van der Waals surface area contributed by atoms with Gasteiger partial charge in [-0.2, -0.15) is 0 Å². The van der Waals surface area contributed by atoms with Crippen LogP contribution in [0, 0.1) is 0 Å². The van der Waals surface area contributed by atoms with Crippen molar-refractivity contribution < 1.29 is 9.53 Å². The highest BCUT2D eigenvalue weighted by molar-refractivity contribution is 9.10. The van der Waals surface area contributed by atoms with Gasteiger partial charge in [-0.1, -0.05) is 46.3 Å². The number of piperidine rings is 1. The molecule has 25 heavy (non-hydrogen) atoms. The third kappa shape index (κ3) is 4.83. The molecular formula is C20H23BrN2O2. The van der Waals surface area contributed by atoms with Crippen LogP contribution in [0.25, 0.3) is 0 Å². The zero-order chi connectivity index (χ0) is 17.6. The number of ether oxygens (including phenoxy) is 1. The fourth-order valence-corrected chi connectivity index (χ4v) is 3.37. The smallest absolute Gasteiger partial charge is 0.414 e. The Morgan fingerprint density at radius 2 is 1.76 bits per heavy atom. The molecule has 1 saturated heterocycles. The van der Waals surface area contributed by atoms with Crippen LogP contribution >= 0.6 is 15.9 Å². The molecule has 2 aromatic rings. The van der Waals surface area contributed by atoms with Gasteiger partial charge in [0.1, 0.15) is 6.61 Å². The van der Waals surface area contributed by atoms with Gasteiger partial charge in [0.05, 0.1) is 0 Å². The molecule has 3 rings (SSSR count). The van der Waals surface area contributed by atoms with Crippen molar-refractivity contribution in [3.05, 3.63) is 64.6 Å². The van der Waals surface area contributed by atoms with Crippen LogP contribution in [0.1, 0.15) is 18.4 Å². The van der Waals surface area contributed by atoms with Crippen LogP contribution in [-0.2, 0) is 11.3 Å². The van der Waals surface area contributed by atoms with Crippen molar-refractivity contribution >= 4 is 27.7 Å². The van der Waals surface area contributed by atoms with E-state index >= 15 is 0 Å². The van der Waals surface area contributed by atoms with Gasteiger partial charge in [-0.15, -0.1) is 0 Å². The minimum absolute atomic E-state index is 0.167. The summed E-state index contributed by atoms with van der Waals surface area (Å²) >= 11 is 3.46. The number of hydrogen-bond acceptors (Lipinski definition) is 3. The molecule has 132 valence electrons. The fourth-order valence-electron chi connectivity index (χ4n) is 3.11. The molecule has 0 spiro atoms. The lowest BCUT2D eigenvalue weighted by Crippen LogP contribution is -2.47. The molecule has 1 heterocycles. The van der Waals surface area contributed by atoms with Gasteiger partial charge in [-0.05, 0) is 62.8 Å². The predicted octanol–water partition coefficient (Wildman–Crippen LogP) is 4.69. The molecule has 0 atom stereocenters. The Hall–Kier alpha value is -1.85. The number of amides is 1. The van der Waals surface area contributed by atoms with E-state index in [0.29, 0.717) is 6.61 Å². The highest BCUT2D eigenvalue weighted by Crippen LogP contribution is 2.26. The Morgan fingerprint density at radius 3 is 2.40 bits per heavy atom. The molecule has 2 aromatic carbocycles. The van der Waals surface area contributed by atoms with E-state index in [0.717, 1.165) is 41.7 Å². The molecule has 1 amide bonds. The van der Waals surface area contributed by atoms with E-state index in [1.165, 1.54) is 0 Å². The number of likely N-dealkylation sites (tertiary alicyclic amines) is 1. The molecule has 1 aliphatic heterocycles. The summed E-state index contributed by atoms with van der Waals surface area (Å²) in [5.41, 5.74) is 1.88. The molecule has 0 bridgehead atoms. The Labute approximate surface area is 157 Å². The van der Waals surface area contributed by atoms with E-state index in [2.05, 4.69) is 27.9 Å². The van der Waals surface area contributed by atoms with Crippen LogP contribution in [0.2, 0.25) is 0 Å². The Balaban J connectivity index is 1.75. The Bertz CT molecular complexity index is 683. The second-order valence-electron chi connectivity index (χ2n) is 6.42. The molecule has 4 nitrogen and oxygen atoms in total. The lowest BCUT2D eigenvalue weighted by molar-refractivity contribution is 0.140. The molecule has 0 N–H and O–H groups in total. The number of nitrogens with zero attached hydrogens (tertiary/aromatic N) is 2. The van der Waals surface area contributed by atoms with Crippen LogP contribution in [-0.4, -0.2) is 37.2 Å². The molecule has 0 aliphatic carbocycles. The summed E-state index contributed by atoms with van der Waals surface area (Å²) in [6.07, 6.45) is 1.63. The van der Waals surface area contributed by atoms with Crippen molar-refractivity contribution in [2.75, 3.05) is 25.0 Å². The van der Waals surface area contributed by atoms with Gasteiger partial charge >= 0.3 is 6.09 Å². The van der Waals surface area contributed by atoms with Crippen molar-refractivity contribution in [1.82, 2.24) is 4.90 Å². The van der Waals surface area contributed by atoms with Crippen molar-refractivity contribution in [3.8, 4) is 0 Å². The number of anilines is 1. The van der Waals surface area contributed by atoms with Gasteiger partial charge in [-0.25, -0.2) is 4.79 Å². The van der Waals surface area contributed by atoms with E-state index in [-0.39, 0.29) is 12.1 Å². The van der Waals surface area contributed by atoms with E-state index in [4.69, 9.17) is 4.74 Å². The van der Waals surface area contributed by atoms with E-state index in [1.54, 1.807) is 0 Å². The van der Waals surface area contributed by atoms with Gasteiger partial charge in [0.2, 0.25) is 0 Å². The largest absolute Gasteiger partial charge is 0.444 e. The van der Waals surface area contributed by atoms with Crippen molar-refractivity contribution in [2.24, 2.45) is 0 Å². The maximum atomic E-state index is 12.9. The van der Waals surface area contributed by atoms with Crippen LogP contribution in [0.4, 0.5) is 10.5 Å². The van der Waals surface area contributed by atoms with Crippen LogP contribution in [0.5, 0.6) is 0 Å². The zero-order valence-corrected chi connectivity index (χ0v) is 16.0. The van der Waals surface area contributed by atoms with Gasteiger partial charge in [0.15, 0.2) is 0 Å². The van der Waals surface area contributed by atoms with E-state index < -0.39 is 0 Å². The molecular weight excluding hydrogens is 380 g/mol. The topological polar surface area (TPSA) is 32.8 Å². The molecule has 0 unspecified atom stereocenters. The number of halogens is 1. The quantitative estimate of drug-likeness (QED) is 0.743. The van der Waals surface area contributed by atoms with Crippen molar-refractivity contribution in [1.29, 1.82) is 0 Å². The minimum Gasteiger partial charge on any atom is -0.444 e. The number of benzene rings is 2. The number of hydrogen-bond donors (Lipinski definition) is 0. The third-order valence-corrected chi connectivity index (χ3v) is 5.09. The van der Waals surface area contributed by atoms with E-state index in [1.807, 2.05) is 59.5 Å². The predicted molar refractivity (Wildman–Crippen MR) is 104 cm³/mol. The average Bonchev–Trinajstić information content (AvgIpc) is 2.64. The fraction of sp³-hybridized carbons (Fsp3) is 0.350. The minimum atomic E-state index is -0.277. The van der Waals surface area contributed by atoms with Gasteiger partial charge in [0.25, 0.3) is 0 Å². The van der Waals surface area contributed by atoms with Crippen molar-refractivity contribution in [2.45, 2.75) is 25.5 Å². The summed E-state index contributed by atoms with van der Waals surface area (Å²) in [6.45, 7) is 2.27. The van der Waals surface area contributed by atoms with Crippen LogP contribution in [0.3, 0.4) is 0 Å². The SMILES string of the molecule is CN1CCC(N(C(=O)OCc2ccccc2)c2ccc(Br)cc2)CC1. The maximum absolute atomic E-state index is 12.9. The second-order valence-corrected chi connectivity index (χ2v) is 7.34. The third-order valence-electron chi connectivity index (χ3n) is 4.56. The lowest BCUT2D eigenvalue weighted by Gasteiger charge is -2.36. The first-order valence-corrected chi connectivity index (χ1v) is 9.37. The van der Waals surface area contributed by atoms with E-state index in [9.17, 15) is 4.79 Å². The summed E-state index contributed by atoms with van der Waals surface area (Å²) < 4.78 is 6.61. The average molecular weight is 403 g/mol. The molecule has 0 aromatic heterocycles. The molecule has 1 aliphatic rings. The number of carbonyl (C=O) groups is 1. The normalized spacial score (nSPS) is 15.8. The highest BCUT2D eigenvalue weighted by atomic mass is 79.9. The van der Waals surface area contributed by atoms with Gasteiger partial charge in [0, 0.05) is 16.2 Å². The number of carbonyl (C=O) groups excluding carboxylic acids is 1. The van der Waals surface area contributed by atoms with Gasteiger partial charge < -0.3 is 9.64 Å². The first-order chi connectivity index (χ1) is 12.1. The molecule has 0 radical (unpaired) electrons. The molecule has 1 fully saturated rings. The zero-order valence-electron chi connectivity index (χ0n) is 14.4. The highest BCUT2D eigenvalue weighted by Gasteiger charge is 2.29. The molecule has 5 heteroatoms. The first-order valence-electron chi connectivity index (χ1n) is 8.57. The van der Waals surface area contributed by atoms with Gasteiger partial charge in [-0.3, -0.25) is 4.90 Å². The first kappa shape index (κ1) is 18.0. The molecule has 0 saturated carbocycles. The van der Waals surface area contributed by atoms with Crippen LogP contribution < -0.4 is 4.90 Å². The summed E-state index contributed by atoms with van der Waals surface area (Å²) in [5, 5.41) is 0.